The number of pyridine rings is 1. The second-order valence-corrected chi connectivity index (χ2v) is 17.0. The number of quaternary nitrogens is 1. The zero-order chi connectivity index (χ0) is 32.7. The molecule has 3 aliphatic heterocycles. The predicted octanol–water partition coefficient (Wildman–Crippen LogP) is 10.2. The number of fused-ring (bicyclic) bond motifs is 6. The van der Waals surface area contributed by atoms with Gasteiger partial charge in [-0.05, 0) is 108 Å². The molecular formula is C45H49N2O2+. The average Bonchev–Trinajstić information content (AvgIpc) is 3.13. The fourth-order valence-corrected chi connectivity index (χ4v) is 12.6. The summed E-state index contributed by atoms with van der Waals surface area (Å²) in [4.78, 5) is 19.7. The van der Waals surface area contributed by atoms with Gasteiger partial charge in [0.1, 0.15) is 12.6 Å². The minimum atomic E-state index is -0.296. The van der Waals surface area contributed by atoms with Gasteiger partial charge in [0.15, 0.2) is 6.10 Å². The lowest BCUT2D eigenvalue weighted by Crippen LogP contribution is -2.68. The second-order valence-electron chi connectivity index (χ2n) is 17.0. The summed E-state index contributed by atoms with van der Waals surface area (Å²) in [5.74, 6) is 3.60. The minimum absolute atomic E-state index is 0.112. The van der Waals surface area contributed by atoms with Crippen LogP contribution < -0.4 is 0 Å². The molecule has 250 valence electrons. The number of rotatable bonds is 7. The molecule has 0 amide bonds. The van der Waals surface area contributed by atoms with E-state index < -0.39 is 0 Å². The van der Waals surface area contributed by atoms with E-state index in [1.807, 2.05) is 6.20 Å². The molecule has 4 aliphatic carbocycles. The number of piperidine rings is 3. The Labute approximate surface area is 290 Å². The fourth-order valence-electron chi connectivity index (χ4n) is 12.6. The Balaban J connectivity index is 1.13. The Bertz CT molecular complexity index is 1990. The highest BCUT2D eigenvalue weighted by atomic mass is 16.5. The van der Waals surface area contributed by atoms with Crippen molar-refractivity contribution >= 4 is 38.4 Å². The molecule has 7 aliphatic rings. The summed E-state index contributed by atoms with van der Waals surface area (Å²) in [6.07, 6.45) is 12.3. The van der Waals surface area contributed by atoms with E-state index in [-0.39, 0.29) is 23.5 Å². The molecular weight excluding hydrogens is 601 g/mol. The van der Waals surface area contributed by atoms with Crippen molar-refractivity contribution in [3.63, 3.8) is 0 Å². The molecule has 0 unspecified atom stereocenters. The number of hydrogen-bond donors (Lipinski definition) is 0. The number of para-hydroxylation sites is 1. The first-order chi connectivity index (χ1) is 24.0. The van der Waals surface area contributed by atoms with Crippen molar-refractivity contribution in [1.82, 2.24) is 4.98 Å². The van der Waals surface area contributed by atoms with Crippen molar-refractivity contribution in [2.75, 3.05) is 13.1 Å². The maximum absolute atomic E-state index is 15.0. The highest BCUT2D eigenvalue weighted by Gasteiger charge is 2.59. The van der Waals surface area contributed by atoms with E-state index in [2.05, 4.69) is 91.9 Å². The number of nitrogens with zero attached hydrogens (tertiary/aromatic N) is 2. The Morgan fingerprint density at radius 1 is 0.837 bits per heavy atom. The number of esters is 1. The van der Waals surface area contributed by atoms with Gasteiger partial charge in [-0.2, -0.15) is 0 Å². The molecule has 4 saturated carbocycles. The molecule has 49 heavy (non-hydrogen) atoms. The summed E-state index contributed by atoms with van der Waals surface area (Å²) in [6, 6.07) is 31.2. The smallest absolute Gasteiger partial charge is 0.312 e. The van der Waals surface area contributed by atoms with Crippen molar-refractivity contribution in [3.05, 3.63) is 102 Å². The zero-order valence-corrected chi connectivity index (χ0v) is 28.9. The molecule has 7 fully saturated rings. The zero-order valence-electron chi connectivity index (χ0n) is 28.9. The van der Waals surface area contributed by atoms with Gasteiger partial charge in [-0.25, -0.2) is 0 Å². The minimum Gasteiger partial charge on any atom is -0.451 e. The largest absolute Gasteiger partial charge is 0.451 e. The summed E-state index contributed by atoms with van der Waals surface area (Å²) >= 11 is 0. The van der Waals surface area contributed by atoms with Crippen molar-refractivity contribution in [2.24, 2.45) is 35.0 Å². The van der Waals surface area contributed by atoms with E-state index >= 15 is 0 Å². The summed E-state index contributed by atoms with van der Waals surface area (Å²) < 4.78 is 8.23. The van der Waals surface area contributed by atoms with Crippen LogP contribution in [-0.4, -0.2) is 34.6 Å². The van der Waals surface area contributed by atoms with E-state index in [4.69, 9.17) is 9.72 Å². The van der Waals surface area contributed by atoms with Crippen LogP contribution in [0.1, 0.15) is 81.9 Å². The Morgan fingerprint density at radius 3 is 2.14 bits per heavy atom. The van der Waals surface area contributed by atoms with Crippen LogP contribution in [0.2, 0.25) is 0 Å². The first-order valence-corrected chi connectivity index (χ1v) is 19.3. The first kappa shape index (κ1) is 30.1. The summed E-state index contributed by atoms with van der Waals surface area (Å²) in [7, 11) is 0. The molecule has 6 bridgehead atoms. The Hall–Kier alpha value is -3.76. The topological polar surface area (TPSA) is 39.2 Å². The second kappa shape index (κ2) is 11.4. The van der Waals surface area contributed by atoms with Gasteiger partial charge in [-0.3, -0.25) is 9.78 Å². The maximum atomic E-state index is 15.0. The van der Waals surface area contributed by atoms with Crippen LogP contribution in [0.3, 0.4) is 0 Å². The number of carbonyl (C=O) groups is 1. The van der Waals surface area contributed by atoms with E-state index in [9.17, 15) is 4.79 Å². The molecule has 0 radical (unpaired) electrons. The van der Waals surface area contributed by atoms with Crippen LogP contribution in [0, 0.1) is 35.0 Å². The summed E-state index contributed by atoms with van der Waals surface area (Å²) in [6.45, 7) is 5.64. The monoisotopic (exact) mass is 649 g/mol. The van der Waals surface area contributed by atoms with Crippen LogP contribution in [0.4, 0.5) is 0 Å². The standard InChI is InChI=1S/C45H49N2O2/c1-2-32-27-47(28-40-36-11-5-3-9-34(36)22-35-10-4-6-12-37(35)40)18-16-33(32)23-42(47)43(39-15-17-46-41-14-8-7-13-38(39)41)49-44(48)45-24-29-19-30(25-45)21-31(20-29)26-45/h3-15,17,22,29-33,42-43H,2,16,18-21,23-28H2,1H3/q+1/t29?,30?,31?,32-,33-,42+,43+,45?,47-/m0/s1. The number of aromatic nitrogens is 1. The molecule has 4 nitrogen and oxygen atoms in total. The van der Waals surface area contributed by atoms with Gasteiger partial charge in [0.2, 0.25) is 0 Å². The Morgan fingerprint density at radius 2 is 1.47 bits per heavy atom. The van der Waals surface area contributed by atoms with Crippen molar-refractivity contribution < 1.29 is 14.0 Å². The number of benzene rings is 4. The average molecular weight is 650 g/mol. The van der Waals surface area contributed by atoms with Gasteiger partial charge in [0.25, 0.3) is 0 Å². The number of hydrogen-bond acceptors (Lipinski definition) is 3. The Kier molecular flexibility index (Phi) is 6.99. The molecule has 4 heteroatoms. The molecule has 0 spiro atoms. The number of ether oxygens (including phenoxy) is 1. The highest BCUT2D eigenvalue weighted by Crippen LogP contribution is 2.61. The third kappa shape index (κ3) is 4.80. The van der Waals surface area contributed by atoms with Gasteiger partial charge in [-0.1, -0.05) is 73.7 Å². The molecule has 5 aromatic rings. The van der Waals surface area contributed by atoms with Gasteiger partial charge in [-0.15, -0.1) is 0 Å². The van der Waals surface area contributed by atoms with Crippen LogP contribution in [0.25, 0.3) is 32.4 Å². The van der Waals surface area contributed by atoms with Crippen LogP contribution in [-0.2, 0) is 16.1 Å². The van der Waals surface area contributed by atoms with Crippen molar-refractivity contribution in [3.8, 4) is 0 Å². The molecule has 3 saturated heterocycles. The molecule has 4 aromatic carbocycles. The lowest BCUT2D eigenvalue weighted by molar-refractivity contribution is -0.985. The van der Waals surface area contributed by atoms with E-state index in [0.717, 1.165) is 66.3 Å². The van der Waals surface area contributed by atoms with Gasteiger partial charge in [0.05, 0.1) is 24.0 Å². The molecule has 4 heterocycles. The maximum Gasteiger partial charge on any atom is 0.312 e. The van der Waals surface area contributed by atoms with Crippen LogP contribution >= 0.6 is 0 Å². The van der Waals surface area contributed by atoms with Gasteiger partial charge < -0.3 is 9.22 Å². The van der Waals surface area contributed by atoms with Gasteiger partial charge in [0, 0.05) is 41.5 Å². The normalized spacial score (nSPS) is 33.7. The predicted molar refractivity (Wildman–Crippen MR) is 197 cm³/mol. The van der Waals surface area contributed by atoms with Crippen molar-refractivity contribution in [1.29, 1.82) is 0 Å². The molecule has 0 N–H and O–H groups in total. The highest BCUT2D eigenvalue weighted by molar-refractivity contribution is 6.02. The molecule has 12 rings (SSSR count). The van der Waals surface area contributed by atoms with E-state index in [1.54, 1.807) is 0 Å². The quantitative estimate of drug-likeness (QED) is 0.100. The lowest BCUT2D eigenvalue weighted by Gasteiger charge is -2.59. The van der Waals surface area contributed by atoms with Crippen LogP contribution in [0.15, 0.2) is 91.1 Å². The SMILES string of the molecule is CC[C@H]1C[N@+]2(Cc3c4ccccc4cc4ccccc34)CC[C@H]1C[C@@H]2[C@H](OC(=O)C12CC3CC(CC(C3)C1)C2)c1ccnc2ccccc12. The van der Waals surface area contributed by atoms with E-state index in [1.165, 1.54) is 59.2 Å². The van der Waals surface area contributed by atoms with E-state index in [0.29, 0.717) is 29.6 Å². The molecule has 1 aromatic heterocycles. The summed E-state index contributed by atoms with van der Waals surface area (Å²) in [5.41, 5.74) is 3.32. The first-order valence-electron chi connectivity index (χ1n) is 19.3. The van der Waals surface area contributed by atoms with Crippen molar-refractivity contribution in [2.45, 2.75) is 83.4 Å². The third-order valence-electron chi connectivity index (χ3n) is 14.4. The van der Waals surface area contributed by atoms with Gasteiger partial charge >= 0.3 is 5.97 Å². The third-order valence-corrected chi connectivity index (χ3v) is 14.4. The lowest BCUT2D eigenvalue weighted by atomic mass is 9.49. The molecule has 5 atom stereocenters. The summed E-state index contributed by atoms with van der Waals surface area (Å²) in [5, 5.41) is 6.50. The fraction of sp³-hybridized carbons (Fsp3) is 0.467. The number of carbonyl (C=O) groups excluding carboxylic acids is 1. The van der Waals surface area contributed by atoms with Crippen LogP contribution in [0.5, 0.6) is 0 Å².